The lowest BCUT2D eigenvalue weighted by atomic mass is 9.94. The zero-order valence-electron chi connectivity index (χ0n) is 25.8. The van der Waals surface area contributed by atoms with Crippen molar-refractivity contribution in [3.63, 3.8) is 0 Å². The smallest absolute Gasteiger partial charge is 0.337 e. The predicted octanol–water partition coefficient (Wildman–Crippen LogP) is 7.37. The Kier molecular flexibility index (Phi) is 13.1. The number of aliphatic hydroxyl groups is 2. The van der Waals surface area contributed by atoms with Crippen LogP contribution in [-0.4, -0.2) is 70.4 Å². The molecule has 1 heterocycles. The highest BCUT2D eigenvalue weighted by molar-refractivity contribution is 6.37. The molecular weight excluding hydrogens is 611 g/mol. The highest BCUT2D eigenvalue weighted by Crippen LogP contribution is 2.35. The molecular formula is C36H42Cl2N2O5. The fraction of sp³-hybridized carbons (Fsp3) is 0.361. The predicted molar refractivity (Wildman–Crippen MR) is 181 cm³/mol. The SMILES string of the molecule is CCCC[C@@H]([C@@H](O)c1ccc2c(Cl)c(OC)ccc2c1)N1CCN(Cc2ccccc2)CC1.O=C(O)[C@H](O)c1ccccc1Cl. The highest BCUT2D eigenvalue weighted by atomic mass is 35.5. The Hall–Kier alpha value is -3.17. The number of carboxylic acid groups (broad SMARTS) is 1. The summed E-state index contributed by atoms with van der Waals surface area (Å²) in [6, 6.07) is 27.1. The average Bonchev–Trinajstić information content (AvgIpc) is 3.06. The highest BCUT2D eigenvalue weighted by Gasteiger charge is 2.30. The molecule has 3 atom stereocenters. The molecule has 1 fully saturated rings. The molecule has 1 aliphatic rings. The van der Waals surface area contributed by atoms with Gasteiger partial charge < -0.3 is 20.1 Å². The van der Waals surface area contributed by atoms with E-state index in [4.69, 9.17) is 38.2 Å². The van der Waals surface area contributed by atoms with Gasteiger partial charge in [-0.2, -0.15) is 0 Å². The topological polar surface area (TPSA) is 93.5 Å². The standard InChI is InChI=1S/C28H35ClN2O2.C8H7ClO3/c1-3-4-10-25(31-17-15-30(16-18-31)20-21-8-6-5-7-9-21)28(32)23-11-13-24-22(19-23)12-14-26(33-2)27(24)29;9-6-4-2-1-3-5(6)7(10)8(11)12/h5-9,11-14,19,25,28,32H,3-4,10,15-18,20H2,1-2H3;1-4,7,10H,(H,11,12)/t25-,28-;7-/m01/s1. The van der Waals surface area contributed by atoms with Gasteiger partial charge in [0.1, 0.15) is 5.75 Å². The van der Waals surface area contributed by atoms with Gasteiger partial charge in [-0.05, 0) is 41.1 Å². The van der Waals surface area contributed by atoms with Crippen LogP contribution in [0.15, 0.2) is 84.9 Å². The van der Waals surface area contributed by atoms with E-state index in [-0.39, 0.29) is 16.6 Å². The van der Waals surface area contributed by atoms with Gasteiger partial charge in [-0.1, -0.05) is 110 Å². The Morgan fingerprint density at radius 1 is 0.911 bits per heavy atom. The number of hydrogen-bond acceptors (Lipinski definition) is 6. The summed E-state index contributed by atoms with van der Waals surface area (Å²) in [5, 5.41) is 31.9. The molecule has 45 heavy (non-hydrogen) atoms. The summed E-state index contributed by atoms with van der Waals surface area (Å²) in [7, 11) is 1.63. The molecule has 0 spiro atoms. The zero-order valence-corrected chi connectivity index (χ0v) is 27.3. The number of hydrogen-bond donors (Lipinski definition) is 3. The van der Waals surface area contributed by atoms with Gasteiger partial charge in [-0.15, -0.1) is 0 Å². The van der Waals surface area contributed by atoms with E-state index in [0.717, 1.165) is 68.3 Å². The number of aliphatic carboxylic acids is 1. The van der Waals surface area contributed by atoms with Gasteiger partial charge in [-0.3, -0.25) is 9.80 Å². The van der Waals surface area contributed by atoms with Crippen molar-refractivity contribution in [1.82, 2.24) is 9.80 Å². The number of piperazine rings is 1. The lowest BCUT2D eigenvalue weighted by molar-refractivity contribution is -0.146. The molecule has 0 aliphatic carbocycles. The minimum Gasteiger partial charge on any atom is -0.495 e. The minimum absolute atomic E-state index is 0.120. The van der Waals surface area contributed by atoms with Crippen LogP contribution in [-0.2, 0) is 11.3 Å². The van der Waals surface area contributed by atoms with Gasteiger partial charge in [0, 0.05) is 54.7 Å². The fourth-order valence-corrected chi connectivity index (χ4v) is 6.28. The number of ether oxygens (including phenoxy) is 1. The van der Waals surface area contributed by atoms with Gasteiger partial charge in [0.05, 0.1) is 18.2 Å². The lowest BCUT2D eigenvalue weighted by Gasteiger charge is -2.41. The van der Waals surface area contributed by atoms with Crippen LogP contribution in [0.5, 0.6) is 5.75 Å². The molecule has 5 rings (SSSR count). The van der Waals surface area contributed by atoms with Crippen LogP contribution in [0, 0.1) is 0 Å². The van der Waals surface area contributed by atoms with Crippen LogP contribution >= 0.6 is 23.2 Å². The molecule has 0 amide bonds. The second-order valence-corrected chi connectivity index (χ2v) is 12.1. The van der Waals surface area contributed by atoms with Crippen molar-refractivity contribution in [1.29, 1.82) is 0 Å². The summed E-state index contributed by atoms with van der Waals surface area (Å²) in [6.45, 7) is 7.22. The van der Waals surface area contributed by atoms with Crippen LogP contribution in [0.25, 0.3) is 10.8 Å². The molecule has 4 aromatic carbocycles. The summed E-state index contributed by atoms with van der Waals surface area (Å²) in [4.78, 5) is 15.4. The fourth-order valence-electron chi connectivity index (χ4n) is 5.73. The monoisotopic (exact) mass is 652 g/mol. The number of fused-ring (bicyclic) bond motifs is 1. The zero-order chi connectivity index (χ0) is 32.3. The van der Waals surface area contributed by atoms with Crippen LogP contribution in [0.1, 0.15) is 55.1 Å². The normalized spacial score (nSPS) is 16.0. The summed E-state index contributed by atoms with van der Waals surface area (Å²) in [5.41, 5.74) is 2.53. The third kappa shape index (κ3) is 9.19. The van der Waals surface area contributed by atoms with Gasteiger partial charge in [0.25, 0.3) is 0 Å². The number of aliphatic hydroxyl groups excluding tert-OH is 2. The van der Waals surface area contributed by atoms with Gasteiger partial charge in [0.15, 0.2) is 6.10 Å². The number of rotatable bonds is 11. The van der Waals surface area contributed by atoms with E-state index in [0.29, 0.717) is 10.8 Å². The number of unbranched alkanes of at least 4 members (excludes halogenated alkanes) is 1. The van der Waals surface area contributed by atoms with E-state index in [1.807, 2.05) is 24.3 Å². The van der Waals surface area contributed by atoms with E-state index < -0.39 is 18.2 Å². The maximum Gasteiger partial charge on any atom is 0.337 e. The first-order valence-electron chi connectivity index (χ1n) is 15.3. The van der Waals surface area contributed by atoms with Crippen LogP contribution in [0.2, 0.25) is 10.0 Å². The number of carbonyl (C=O) groups is 1. The summed E-state index contributed by atoms with van der Waals surface area (Å²) >= 11 is 12.1. The first-order chi connectivity index (χ1) is 21.7. The van der Waals surface area contributed by atoms with Gasteiger partial charge in [-0.25, -0.2) is 4.79 Å². The number of benzene rings is 4. The molecule has 0 bridgehead atoms. The number of carboxylic acids is 1. The largest absolute Gasteiger partial charge is 0.495 e. The second kappa shape index (κ2) is 16.9. The van der Waals surface area contributed by atoms with Crippen LogP contribution in [0.4, 0.5) is 0 Å². The number of halogens is 2. The van der Waals surface area contributed by atoms with Gasteiger partial charge >= 0.3 is 5.97 Å². The van der Waals surface area contributed by atoms with E-state index >= 15 is 0 Å². The third-order valence-corrected chi connectivity index (χ3v) is 9.01. The van der Waals surface area contributed by atoms with Crippen molar-refractivity contribution in [3.8, 4) is 5.75 Å². The molecule has 0 unspecified atom stereocenters. The van der Waals surface area contributed by atoms with E-state index in [1.165, 1.54) is 17.7 Å². The first kappa shape index (κ1) is 34.7. The van der Waals surface area contributed by atoms with Crippen molar-refractivity contribution in [2.24, 2.45) is 0 Å². The molecule has 0 saturated carbocycles. The molecule has 0 radical (unpaired) electrons. The van der Waals surface area contributed by atoms with Crippen molar-refractivity contribution >= 4 is 39.9 Å². The third-order valence-electron chi connectivity index (χ3n) is 8.28. The maximum absolute atomic E-state index is 11.5. The Labute approximate surface area is 275 Å². The summed E-state index contributed by atoms with van der Waals surface area (Å²) < 4.78 is 5.35. The van der Waals surface area contributed by atoms with E-state index in [1.54, 1.807) is 19.2 Å². The molecule has 1 aliphatic heterocycles. The Bertz CT molecular complexity index is 1530. The first-order valence-corrected chi connectivity index (χ1v) is 16.1. The van der Waals surface area contributed by atoms with Crippen molar-refractivity contribution in [2.45, 2.75) is 51.0 Å². The maximum atomic E-state index is 11.5. The quantitative estimate of drug-likeness (QED) is 0.156. The molecule has 4 aromatic rings. The number of nitrogens with zero attached hydrogens (tertiary/aromatic N) is 2. The van der Waals surface area contributed by atoms with Crippen molar-refractivity contribution in [3.05, 3.63) is 112 Å². The van der Waals surface area contributed by atoms with Gasteiger partial charge in [0.2, 0.25) is 0 Å². The molecule has 9 heteroatoms. The average molecular weight is 654 g/mol. The van der Waals surface area contributed by atoms with Crippen LogP contribution in [0.3, 0.4) is 0 Å². The molecule has 1 saturated heterocycles. The Balaban J connectivity index is 0.000000323. The van der Waals surface area contributed by atoms with Crippen LogP contribution < -0.4 is 4.74 Å². The van der Waals surface area contributed by atoms with Crippen molar-refractivity contribution < 1.29 is 24.9 Å². The molecule has 7 nitrogen and oxygen atoms in total. The van der Waals surface area contributed by atoms with E-state index in [2.05, 4.69) is 53.1 Å². The summed E-state index contributed by atoms with van der Waals surface area (Å²) in [6.07, 6.45) is 1.17. The molecule has 0 aromatic heterocycles. The van der Waals surface area contributed by atoms with E-state index in [9.17, 15) is 9.90 Å². The van der Waals surface area contributed by atoms with Crippen molar-refractivity contribution in [2.75, 3.05) is 33.3 Å². The number of methoxy groups -OCH3 is 1. The molecule has 240 valence electrons. The second-order valence-electron chi connectivity index (χ2n) is 11.3. The Morgan fingerprint density at radius 2 is 1.60 bits per heavy atom. The minimum atomic E-state index is -1.54. The lowest BCUT2D eigenvalue weighted by Crippen LogP contribution is -2.51. The molecule has 3 N–H and O–H groups in total. The summed E-state index contributed by atoms with van der Waals surface area (Å²) in [5.74, 6) is -0.630. The Morgan fingerprint density at radius 3 is 2.24 bits per heavy atom.